The Bertz CT molecular complexity index is 439. The molecule has 1 aliphatic carbocycles. The van der Waals surface area contributed by atoms with Gasteiger partial charge in [0.2, 0.25) is 0 Å². The van der Waals surface area contributed by atoms with Crippen LogP contribution in [0.1, 0.15) is 52.0 Å². The lowest BCUT2D eigenvalue weighted by atomic mass is 10.1. The molecule has 1 fully saturated rings. The Hall–Kier alpha value is -0.540. The van der Waals surface area contributed by atoms with E-state index in [-0.39, 0.29) is 0 Å². The molecule has 0 unspecified atom stereocenters. The summed E-state index contributed by atoms with van der Waals surface area (Å²) in [6.07, 6.45) is 5.46. The van der Waals surface area contributed by atoms with Crippen LogP contribution in [-0.4, -0.2) is 19.1 Å². The van der Waals surface area contributed by atoms with Crippen LogP contribution >= 0.6 is 15.9 Å². The van der Waals surface area contributed by atoms with Crippen LogP contribution in [0.25, 0.3) is 0 Å². The maximum atomic E-state index is 3.66. The third-order valence-electron chi connectivity index (χ3n) is 4.25. The highest BCUT2D eigenvalue weighted by molar-refractivity contribution is 9.10. The van der Waals surface area contributed by atoms with Crippen molar-refractivity contribution in [3.8, 4) is 0 Å². The van der Waals surface area contributed by atoms with Crippen molar-refractivity contribution in [2.75, 3.05) is 18.0 Å². The second-order valence-electron chi connectivity index (χ2n) is 6.54. The van der Waals surface area contributed by atoms with Crippen LogP contribution in [0, 0.1) is 5.92 Å². The summed E-state index contributed by atoms with van der Waals surface area (Å²) in [5, 5.41) is 3.48. The Balaban J connectivity index is 2.29. The molecule has 21 heavy (non-hydrogen) atoms. The predicted octanol–water partition coefficient (Wildman–Crippen LogP) is 4.96. The quantitative estimate of drug-likeness (QED) is 0.745. The molecule has 1 N–H and O–H groups in total. The highest BCUT2D eigenvalue weighted by atomic mass is 79.9. The lowest BCUT2D eigenvalue weighted by Crippen LogP contribution is -2.37. The molecule has 1 aromatic rings. The number of halogens is 1. The van der Waals surface area contributed by atoms with Crippen LogP contribution in [0.15, 0.2) is 22.7 Å². The standard InChI is InChI=1S/C18H29BrN2/c1-4-20-12-15-9-10-16(19)11-18(15)21(13-14(2)3)17-7-5-6-8-17/h9-11,14,17,20H,4-8,12-13H2,1-3H3. The molecular formula is C18H29BrN2. The second kappa shape index (κ2) is 8.19. The van der Waals surface area contributed by atoms with Gasteiger partial charge in [0.15, 0.2) is 0 Å². The van der Waals surface area contributed by atoms with Gasteiger partial charge in [0, 0.05) is 29.3 Å². The minimum atomic E-state index is 0.691. The SMILES string of the molecule is CCNCc1ccc(Br)cc1N(CC(C)C)C1CCCC1. The van der Waals surface area contributed by atoms with E-state index in [1.807, 2.05) is 0 Å². The minimum absolute atomic E-state index is 0.691. The molecule has 118 valence electrons. The predicted molar refractivity (Wildman–Crippen MR) is 96.0 cm³/mol. The zero-order valence-electron chi connectivity index (χ0n) is 13.7. The second-order valence-corrected chi connectivity index (χ2v) is 7.45. The van der Waals surface area contributed by atoms with Gasteiger partial charge in [-0.15, -0.1) is 0 Å². The van der Waals surface area contributed by atoms with E-state index in [1.165, 1.54) is 41.4 Å². The topological polar surface area (TPSA) is 15.3 Å². The fourth-order valence-corrected chi connectivity index (χ4v) is 3.62. The molecule has 0 heterocycles. The molecule has 2 nitrogen and oxygen atoms in total. The van der Waals surface area contributed by atoms with Crippen LogP contribution < -0.4 is 10.2 Å². The van der Waals surface area contributed by atoms with Gasteiger partial charge in [-0.05, 0) is 43.0 Å². The van der Waals surface area contributed by atoms with E-state index in [9.17, 15) is 0 Å². The molecule has 0 amide bonds. The van der Waals surface area contributed by atoms with Gasteiger partial charge >= 0.3 is 0 Å². The van der Waals surface area contributed by atoms with Crippen molar-refractivity contribution < 1.29 is 0 Å². The molecular weight excluding hydrogens is 324 g/mol. The molecule has 1 aliphatic rings. The van der Waals surface area contributed by atoms with Crippen LogP contribution in [0.5, 0.6) is 0 Å². The van der Waals surface area contributed by atoms with Gasteiger partial charge < -0.3 is 10.2 Å². The summed E-state index contributed by atoms with van der Waals surface area (Å²) < 4.78 is 1.18. The number of nitrogens with one attached hydrogen (secondary N) is 1. The Morgan fingerprint density at radius 2 is 2.00 bits per heavy atom. The fraction of sp³-hybridized carbons (Fsp3) is 0.667. The molecule has 0 aliphatic heterocycles. The normalized spacial score (nSPS) is 15.9. The van der Waals surface area contributed by atoms with Crippen molar-refractivity contribution in [2.45, 2.75) is 59.0 Å². The van der Waals surface area contributed by atoms with E-state index >= 15 is 0 Å². The largest absolute Gasteiger partial charge is 0.368 e. The van der Waals surface area contributed by atoms with Crippen LogP contribution in [0.3, 0.4) is 0 Å². The highest BCUT2D eigenvalue weighted by Crippen LogP contribution is 2.33. The number of benzene rings is 1. The van der Waals surface area contributed by atoms with Crippen LogP contribution in [0.2, 0.25) is 0 Å². The first kappa shape index (κ1) is 16.8. The maximum Gasteiger partial charge on any atom is 0.0425 e. The Labute approximate surface area is 138 Å². The summed E-state index contributed by atoms with van der Waals surface area (Å²) in [5.41, 5.74) is 2.85. The first-order valence-corrected chi connectivity index (χ1v) is 9.17. The van der Waals surface area contributed by atoms with E-state index in [4.69, 9.17) is 0 Å². The van der Waals surface area contributed by atoms with Gasteiger partial charge in [-0.25, -0.2) is 0 Å². The summed E-state index contributed by atoms with van der Waals surface area (Å²) in [6, 6.07) is 7.47. The van der Waals surface area contributed by atoms with E-state index < -0.39 is 0 Å². The number of anilines is 1. The smallest absolute Gasteiger partial charge is 0.0425 e. The molecule has 1 saturated carbocycles. The molecule has 1 aromatic carbocycles. The molecule has 0 atom stereocenters. The number of hydrogen-bond acceptors (Lipinski definition) is 2. The molecule has 2 rings (SSSR count). The molecule has 3 heteroatoms. The van der Waals surface area contributed by atoms with Gasteiger partial charge in [0.25, 0.3) is 0 Å². The number of nitrogens with zero attached hydrogens (tertiary/aromatic N) is 1. The van der Waals surface area contributed by atoms with Crippen molar-refractivity contribution in [3.05, 3.63) is 28.2 Å². The third-order valence-corrected chi connectivity index (χ3v) is 4.74. The van der Waals surface area contributed by atoms with Gasteiger partial charge in [-0.1, -0.05) is 55.6 Å². The summed E-state index contributed by atoms with van der Waals surface area (Å²) in [4.78, 5) is 2.68. The van der Waals surface area contributed by atoms with Gasteiger partial charge in [-0.2, -0.15) is 0 Å². The van der Waals surface area contributed by atoms with Crippen molar-refractivity contribution in [3.63, 3.8) is 0 Å². The highest BCUT2D eigenvalue weighted by Gasteiger charge is 2.25. The third kappa shape index (κ3) is 4.72. The molecule has 0 aromatic heterocycles. The zero-order valence-corrected chi connectivity index (χ0v) is 15.2. The first-order chi connectivity index (χ1) is 10.1. The molecule has 0 bridgehead atoms. The Morgan fingerprint density at radius 3 is 2.62 bits per heavy atom. The average Bonchev–Trinajstić information content (AvgIpc) is 2.97. The number of rotatable bonds is 7. The van der Waals surface area contributed by atoms with Gasteiger partial charge in [0.05, 0.1) is 0 Å². The summed E-state index contributed by atoms with van der Waals surface area (Å²) >= 11 is 3.66. The van der Waals surface area contributed by atoms with E-state index in [2.05, 4.69) is 65.1 Å². The van der Waals surface area contributed by atoms with E-state index in [0.29, 0.717) is 5.92 Å². The van der Waals surface area contributed by atoms with E-state index in [0.717, 1.165) is 25.7 Å². The lowest BCUT2D eigenvalue weighted by molar-refractivity contribution is 0.533. The molecule has 0 spiro atoms. The average molecular weight is 353 g/mol. The maximum absolute atomic E-state index is 3.66. The van der Waals surface area contributed by atoms with Crippen LogP contribution in [-0.2, 0) is 6.54 Å². The minimum Gasteiger partial charge on any atom is -0.368 e. The van der Waals surface area contributed by atoms with Crippen molar-refractivity contribution >= 4 is 21.6 Å². The zero-order chi connectivity index (χ0) is 15.2. The van der Waals surface area contributed by atoms with Crippen molar-refractivity contribution in [1.82, 2.24) is 5.32 Å². The summed E-state index contributed by atoms with van der Waals surface area (Å²) in [6.45, 7) is 9.94. The van der Waals surface area contributed by atoms with Gasteiger partial charge in [-0.3, -0.25) is 0 Å². The fourth-order valence-electron chi connectivity index (χ4n) is 3.27. The van der Waals surface area contributed by atoms with Gasteiger partial charge in [0.1, 0.15) is 0 Å². The molecule has 0 radical (unpaired) electrons. The monoisotopic (exact) mass is 352 g/mol. The first-order valence-electron chi connectivity index (χ1n) is 8.37. The number of hydrogen-bond donors (Lipinski definition) is 1. The van der Waals surface area contributed by atoms with Crippen LogP contribution in [0.4, 0.5) is 5.69 Å². The Kier molecular flexibility index (Phi) is 6.56. The lowest BCUT2D eigenvalue weighted by Gasteiger charge is -2.34. The summed E-state index contributed by atoms with van der Waals surface area (Å²) in [5.74, 6) is 0.691. The Morgan fingerprint density at radius 1 is 1.29 bits per heavy atom. The molecule has 0 saturated heterocycles. The van der Waals surface area contributed by atoms with Crippen molar-refractivity contribution in [1.29, 1.82) is 0 Å². The van der Waals surface area contributed by atoms with E-state index in [1.54, 1.807) is 0 Å². The summed E-state index contributed by atoms with van der Waals surface area (Å²) in [7, 11) is 0. The van der Waals surface area contributed by atoms with Crippen molar-refractivity contribution in [2.24, 2.45) is 5.92 Å².